The van der Waals surface area contributed by atoms with E-state index in [2.05, 4.69) is 60.7 Å². The second kappa shape index (κ2) is 12.7. The highest BCUT2D eigenvalue weighted by Gasteiger charge is 2.00. The van der Waals surface area contributed by atoms with Gasteiger partial charge in [0, 0.05) is 20.1 Å². The predicted molar refractivity (Wildman–Crippen MR) is 105 cm³/mol. The molecule has 0 unspecified atom stereocenters. The van der Waals surface area contributed by atoms with E-state index in [0.717, 1.165) is 25.5 Å². The Bertz CT molecular complexity index is 436. The van der Waals surface area contributed by atoms with Gasteiger partial charge in [-0.25, -0.2) is 0 Å². The second-order valence-corrected chi connectivity index (χ2v) is 5.39. The molecule has 22 heavy (non-hydrogen) atoms. The Morgan fingerprint density at radius 1 is 1.23 bits per heavy atom. The minimum Gasteiger partial charge on any atom is -0.374 e. The molecule has 0 aliphatic rings. The molecule has 1 aromatic carbocycles. The first-order valence-electron chi connectivity index (χ1n) is 7.79. The summed E-state index contributed by atoms with van der Waals surface area (Å²) in [6, 6.07) is 8.46. The highest BCUT2D eigenvalue weighted by Crippen LogP contribution is 2.07. The van der Waals surface area contributed by atoms with Crippen LogP contribution in [0.25, 0.3) is 0 Å². The lowest BCUT2D eigenvalue weighted by molar-refractivity contribution is 0.0657. The number of hydrogen-bond acceptors (Lipinski definition) is 2. The standard InChI is InChI=1S/C17H29N3O.HI/c1-5-6-10-19-17(18-4)20-12-15-8-7-9-16(11-15)13-21-14(2)3;/h7-9,11,14H,5-6,10,12-13H2,1-4H3,(H2,18,19,20);1H. The van der Waals surface area contributed by atoms with Gasteiger partial charge in [0.2, 0.25) is 0 Å². The van der Waals surface area contributed by atoms with Crippen molar-refractivity contribution in [2.24, 2.45) is 4.99 Å². The van der Waals surface area contributed by atoms with Crippen LogP contribution in [-0.2, 0) is 17.9 Å². The zero-order valence-electron chi connectivity index (χ0n) is 14.2. The Hall–Kier alpha value is -0.820. The van der Waals surface area contributed by atoms with Crippen LogP contribution < -0.4 is 10.6 Å². The van der Waals surface area contributed by atoms with E-state index in [4.69, 9.17) is 4.74 Å². The lowest BCUT2D eigenvalue weighted by Gasteiger charge is -2.12. The van der Waals surface area contributed by atoms with Crippen molar-refractivity contribution in [3.8, 4) is 0 Å². The van der Waals surface area contributed by atoms with E-state index < -0.39 is 0 Å². The molecule has 2 N–H and O–H groups in total. The highest BCUT2D eigenvalue weighted by atomic mass is 127. The molecule has 0 aliphatic carbocycles. The smallest absolute Gasteiger partial charge is 0.191 e. The Labute approximate surface area is 152 Å². The molecule has 0 saturated heterocycles. The van der Waals surface area contributed by atoms with Crippen LogP contribution >= 0.6 is 24.0 Å². The molecule has 0 amide bonds. The largest absolute Gasteiger partial charge is 0.374 e. The van der Waals surface area contributed by atoms with E-state index in [-0.39, 0.29) is 30.1 Å². The number of aliphatic imine (C=N–C) groups is 1. The summed E-state index contributed by atoms with van der Waals surface area (Å²) in [4.78, 5) is 4.23. The molecule has 0 spiro atoms. The quantitative estimate of drug-likeness (QED) is 0.292. The lowest BCUT2D eigenvalue weighted by atomic mass is 10.1. The summed E-state index contributed by atoms with van der Waals surface area (Å²) in [5.41, 5.74) is 2.44. The first kappa shape index (κ1) is 21.2. The molecule has 0 aliphatic heterocycles. The van der Waals surface area contributed by atoms with Crippen molar-refractivity contribution in [2.45, 2.75) is 52.9 Å². The minimum atomic E-state index is 0. The SMILES string of the molecule is CCCCNC(=NC)NCc1cccc(COC(C)C)c1.I. The van der Waals surface area contributed by atoms with Gasteiger partial charge >= 0.3 is 0 Å². The van der Waals surface area contributed by atoms with Crippen LogP contribution in [0.3, 0.4) is 0 Å². The summed E-state index contributed by atoms with van der Waals surface area (Å²) >= 11 is 0. The van der Waals surface area contributed by atoms with Gasteiger partial charge in [0.1, 0.15) is 0 Å². The van der Waals surface area contributed by atoms with Crippen LogP contribution in [0.4, 0.5) is 0 Å². The van der Waals surface area contributed by atoms with E-state index in [1.807, 2.05) is 0 Å². The molecule has 0 aromatic heterocycles. The van der Waals surface area contributed by atoms with Gasteiger partial charge in [0.05, 0.1) is 12.7 Å². The molecule has 4 nitrogen and oxygen atoms in total. The molecule has 0 radical (unpaired) electrons. The fourth-order valence-electron chi connectivity index (χ4n) is 1.88. The van der Waals surface area contributed by atoms with Crippen LogP contribution in [0.2, 0.25) is 0 Å². The minimum absolute atomic E-state index is 0. The fourth-order valence-corrected chi connectivity index (χ4v) is 1.88. The molecule has 1 rings (SSSR count). The molecule has 126 valence electrons. The van der Waals surface area contributed by atoms with Crippen molar-refractivity contribution in [2.75, 3.05) is 13.6 Å². The number of guanidine groups is 1. The zero-order chi connectivity index (χ0) is 15.5. The average Bonchev–Trinajstić information content (AvgIpc) is 2.49. The topological polar surface area (TPSA) is 45.7 Å². The maximum atomic E-state index is 5.64. The monoisotopic (exact) mass is 419 g/mol. The van der Waals surface area contributed by atoms with Crippen molar-refractivity contribution >= 4 is 29.9 Å². The van der Waals surface area contributed by atoms with Gasteiger partial charge in [0.15, 0.2) is 5.96 Å². The van der Waals surface area contributed by atoms with Crippen molar-refractivity contribution in [1.82, 2.24) is 10.6 Å². The third-order valence-electron chi connectivity index (χ3n) is 3.08. The number of halogens is 1. The summed E-state index contributed by atoms with van der Waals surface area (Å²) in [5, 5.41) is 6.64. The van der Waals surface area contributed by atoms with Crippen molar-refractivity contribution < 1.29 is 4.74 Å². The van der Waals surface area contributed by atoms with Crippen molar-refractivity contribution in [3.05, 3.63) is 35.4 Å². The number of unbranched alkanes of at least 4 members (excludes halogenated alkanes) is 1. The van der Waals surface area contributed by atoms with E-state index in [1.165, 1.54) is 17.5 Å². The lowest BCUT2D eigenvalue weighted by Crippen LogP contribution is -2.37. The van der Waals surface area contributed by atoms with Crippen LogP contribution in [0, 0.1) is 0 Å². The summed E-state index contributed by atoms with van der Waals surface area (Å²) in [6.07, 6.45) is 2.60. The summed E-state index contributed by atoms with van der Waals surface area (Å²) < 4.78 is 5.64. The third-order valence-corrected chi connectivity index (χ3v) is 3.08. The van der Waals surface area contributed by atoms with Gasteiger partial charge in [-0.1, -0.05) is 37.6 Å². The molecular weight excluding hydrogens is 389 g/mol. The summed E-state index contributed by atoms with van der Waals surface area (Å²) in [7, 11) is 1.80. The molecule has 0 bridgehead atoms. The van der Waals surface area contributed by atoms with Gasteiger partial charge in [-0.15, -0.1) is 24.0 Å². The first-order valence-corrected chi connectivity index (χ1v) is 7.79. The molecule has 0 heterocycles. The third kappa shape index (κ3) is 9.25. The second-order valence-electron chi connectivity index (χ2n) is 5.39. The van der Waals surface area contributed by atoms with Crippen LogP contribution in [0.5, 0.6) is 0 Å². The van der Waals surface area contributed by atoms with Gasteiger partial charge < -0.3 is 15.4 Å². The molecule has 0 fully saturated rings. The molecule has 0 saturated carbocycles. The van der Waals surface area contributed by atoms with Gasteiger partial charge in [-0.2, -0.15) is 0 Å². The first-order chi connectivity index (χ1) is 10.2. The zero-order valence-corrected chi connectivity index (χ0v) is 16.5. The van der Waals surface area contributed by atoms with Crippen molar-refractivity contribution in [1.29, 1.82) is 0 Å². The van der Waals surface area contributed by atoms with Gasteiger partial charge in [-0.05, 0) is 31.4 Å². The number of nitrogens with one attached hydrogen (secondary N) is 2. The number of hydrogen-bond donors (Lipinski definition) is 2. The fraction of sp³-hybridized carbons (Fsp3) is 0.588. The maximum Gasteiger partial charge on any atom is 0.191 e. The Kier molecular flexibility index (Phi) is 12.2. The molecule has 0 atom stereocenters. The highest BCUT2D eigenvalue weighted by molar-refractivity contribution is 14.0. The molecule has 5 heteroatoms. The number of nitrogens with zero attached hydrogens (tertiary/aromatic N) is 1. The number of rotatable bonds is 8. The summed E-state index contributed by atoms with van der Waals surface area (Å²) in [6.45, 7) is 8.67. The predicted octanol–water partition coefficient (Wildman–Crippen LogP) is 3.69. The average molecular weight is 419 g/mol. The van der Waals surface area contributed by atoms with Crippen LogP contribution in [0.15, 0.2) is 29.3 Å². The van der Waals surface area contributed by atoms with Gasteiger partial charge in [-0.3, -0.25) is 4.99 Å². The molecular formula is C17H30IN3O. The Morgan fingerprint density at radius 2 is 1.95 bits per heavy atom. The van der Waals surface area contributed by atoms with Crippen molar-refractivity contribution in [3.63, 3.8) is 0 Å². The number of ether oxygens (including phenoxy) is 1. The maximum absolute atomic E-state index is 5.64. The molecule has 1 aromatic rings. The Balaban J connectivity index is 0.00000441. The van der Waals surface area contributed by atoms with Crippen LogP contribution in [-0.4, -0.2) is 25.7 Å². The van der Waals surface area contributed by atoms with E-state index in [0.29, 0.717) is 6.61 Å². The normalized spacial score (nSPS) is 11.2. The summed E-state index contributed by atoms with van der Waals surface area (Å²) in [5.74, 6) is 0.854. The van der Waals surface area contributed by atoms with E-state index >= 15 is 0 Å². The van der Waals surface area contributed by atoms with Crippen LogP contribution in [0.1, 0.15) is 44.7 Å². The Morgan fingerprint density at radius 3 is 2.59 bits per heavy atom. The van der Waals surface area contributed by atoms with E-state index in [1.54, 1.807) is 7.05 Å². The van der Waals surface area contributed by atoms with E-state index in [9.17, 15) is 0 Å². The number of benzene rings is 1. The van der Waals surface area contributed by atoms with Gasteiger partial charge in [0.25, 0.3) is 0 Å².